The molecule has 122 valence electrons. The van der Waals surface area contributed by atoms with Crippen LogP contribution in [0.5, 0.6) is 0 Å². The normalized spacial score (nSPS) is 13.0. The average molecular weight is 317 g/mol. The van der Waals surface area contributed by atoms with E-state index in [4.69, 9.17) is 5.11 Å². The molecule has 0 aliphatic carbocycles. The molecule has 1 rings (SSSR count). The highest BCUT2D eigenvalue weighted by Crippen LogP contribution is 2.22. The van der Waals surface area contributed by atoms with Crippen LogP contribution in [0.3, 0.4) is 0 Å². The Morgan fingerprint density at radius 3 is 2.14 bits per heavy atom. The van der Waals surface area contributed by atoms with Crippen molar-refractivity contribution in [3.8, 4) is 0 Å². The molecule has 0 bridgehead atoms. The number of aliphatic carboxylic acids is 1. The van der Waals surface area contributed by atoms with Gasteiger partial charge in [0.1, 0.15) is 6.04 Å². The molecule has 0 unspecified atom stereocenters. The number of halogens is 3. The molecule has 0 aliphatic heterocycles. The first kappa shape index (κ1) is 18.0. The van der Waals surface area contributed by atoms with Gasteiger partial charge in [-0.2, -0.15) is 13.2 Å². The molecule has 7 heteroatoms. The van der Waals surface area contributed by atoms with E-state index in [-0.39, 0.29) is 17.9 Å². The summed E-state index contributed by atoms with van der Waals surface area (Å²) in [5, 5.41) is 11.4. The van der Waals surface area contributed by atoms with Crippen molar-refractivity contribution in [1.82, 2.24) is 5.32 Å². The molecule has 0 aliphatic rings. The van der Waals surface area contributed by atoms with Crippen molar-refractivity contribution in [2.45, 2.75) is 38.9 Å². The van der Waals surface area contributed by atoms with Gasteiger partial charge in [-0.3, -0.25) is 4.79 Å². The van der Waals surface area contributed by atoms with Crippen molar-refractivity contribution in [3.05, 3.63) is 35.4 Å². The fourth-order valence-electron chi connectivity index (χ4n) is 1.85. The first-order valence-corrected chi connectivity index (χ1v) is 6.79. The predicted molar refractivity (Wildman–Crippen MR) is 74.5 cm³/mol. The number of rotatable bonds is 6. The van der Waals surface area contributed by atoms with Gasteiger partial charge in [-0.1, -0.05) is 26.0 Å². The van der Waals surface area contributed by atoms with Gasteiger partial charge >= 0.3 is 12.1 Å². The Labute approximate surface area is 126 Å². The first-order valence-electron chi connectivity index (χ1n) is 6.79. The summed E-state index contributed by atoms with van der Waals surface area (Å²) in [5.41, 5.74) is 0.676. The Morgan fingerprint density at radius 2 is 1.73 bits per heavy atom. The van der Waals surface area contributed by atoms with Gasteiger partial charge in [0.2, 0.25) is 0 Å². The van der Waals surface area contributed by atoms with E-state index < -0.39 is 30.5 Å². The molecule has 0 saturated heterocycles. The minimum atomic E-state index is -4.22. The van der Waals surface area contributed by atoms with Gasteiger partial charge in [0, 0.05) is 12.0 Å². The largest absolute Gasteiger partial charge is 0.480 e. The van der Waals surface area contributed by atoms with Crippen molar-refractivity contribution >= 4 is 11.9 Å². The topological polar surface area (TPSA) is 66.4 Å². The molecule has 0 heterocycles. The summed E-state index contributed by atoms with van der Waals surface area (Å²) >= 11 is 0. The molecule has 1 aromatic rings. The lowest BCUT2D eigenvalue weighted by Crippen LogP contribution is -2.44. The quantitative estimate of drug-likeness (QED) is 0.847. The Hall–Kier alpha value is -2.05. The Balaban J connectivity index is 2.69. The molecular weight excluding hydrogens is 299 g/mol. The van der Waals surface area contributed by atoms with Crippen LogP contribution >= 0.6 is 0 Å². The van der Waals surface area contributed by atoms with Crippen LogP contribution in [0.25, 0.3) is 0 Å². The third-order valence-corrected chi connectivity index (χ3v) is 3.13. The highest BCUT2D eigenvalue weighted by molar-refractivity contribution is 5.96. The molecule has 2 N–H and O–H groups in total. The van der Waals surface area contributed by atoms with Gasteiger partial charge in [-0.15, -0.1) is 0 Å². The fraction of sp³-hybridized carbons (Fsp3) is 0.467. The second-order valence-corrected chi connectivity index (χ2v) is 5.35. The highest BCUT2D eigenvalue weighted by Gasteiger charge is 2.26. The molecule has 0 fully saturated rings. The van der Waals surface area contributed by atoms with Crippen LogP contribution < -0.4 is 5.32 Å². The molecule has 1 aromatic carbocycles. The summed E-state index contributed by atoms with van der Waals surface area (Å²) in [6.07, 6.45) is -5.30. The number of carboxylic acid groups (broad SMARTS) is 1. The molecule has 0 saturated carbocycles. The molecule has 0 aromatic heterocycles. The molecule has 22 heavy (non-hydrogen) atoms. The second kappa shape index (κ2) is 7.29. The summed E-state index contributed by atoms with van der Waals surface area (Å²) in [4.78, 5) is 23.0. The van der Waals surface area contributed by atoms with Crippen LogP contribution in [0, 0.1) is 5.92 Å². The van der Waals surface area contributed by atoms with E-state index in [1.165, 1.54) is 24.3 Å². The molecule has 1 atom stereocenters. The summed E-state index contributed by atoms with van der Waals surface area (Å²) < 4.78 is 36.4. The number of aryl methyl sites for hydroxylation is 1. The number of carboxylic acids is 1. The van der Waals surface area contributed by atoms with Crippen LogP contribution in [0.1, 0.15) is 36.2 Å². The SMILES string of the molecule is CC(C)[C@@H](NC(=O)c1ccc(CCC(F)(F)F)cc1)C(=O)O. The van der Waals surface area contributed by atoms with E-state index in [2.05, 4.69) is 5.32 Å². The summed E-state index contributed by atoms with van der Waals surface area (Å²) in [6, 6.07) is 4.63. The van der Waals surface area contributed by atoms with Gasteiger partial charge < -0.3 is 10.4 Å². The van der Waals surface area contributed by atoms with Crippen LogP contribution in [0.15, 0.2) is 24.3 Å². The maximum atomic E-state index is 12.1. The van der Waals surface area contributed by atoms with Crippen molar-refractivity contribution in [2.24, 2.45) is 5.92 Å². The Morgan fingerprint density at radius 1 is 1.18 bits per heavy atom. The minimum absolute atomic E-state index is 0.158. The van der Waals surface area contributed by atoms with Gasteiger partial charge in [-0.25, -0.2) is 4.79 Å². The van der Waals surface area contributed by atoms with Crippen molar-refractivity contribution in [3.63, 3.8) is 0 Å². The average Bonchev–Trinajstić information content (AvgIpc) is 2.41. The number of carbonyl (C=O) groups excluding carboxylic acids is 1. The minimum Gasteiger partial charge on any atom is -0.480 e. The maximum Gasteiger partial charge on any atom is 0.389 e. The number of alkyl halides is 3. The first-order chi connectivity index (χ1) is 10.1. The van der Waals surface area contributed by atoms with Crippen molar-refractivity contribution in [2.75, 3.05) is 0 Å². The Bertz CT molecular complexity index is 524. The number of hydrogen-bond donors (Lipinski definition) is 2. The van der Waals surface area contributed by atoms with Gasteiger partial charge in [0.05, 0.1) is 0 Å². The lowest BCUT2D eigenvalue weighted by molar-refractivity contribution is -0.140. The van der Waals surface area contributed by atoms with Crippen molar-refractivity contribution in [1.29, 1.82) is 0 Å². The number of benzene rings is 1. The van der Waals surface area contributed by atoms with Crippen LogP contribution in [0.4, 0.5) is 13.2 Å². The van der Waals surface area contributed by atoms with E-state index in [9.17, 15) is 22.8 Å². The van der Waals surface area contributed by atoms with Gasteiger partial charge in [0.25, 0.3) is 5.91 Å². The monoisotopic (exact) mass is 317 g/mol. The Kier molecular flexibility index (Phi) is 5.96. The lowest BCUT2D eigenvalue weighted by atomic mass is 10.0. The second-order valence-electron chi connectivity index (χ2n) is 5.35. The summed E-state index contributed by atoms with van der Waals surface area (Å²) in [6.45, 7) is 3.33. The van der Waals surface area contributed by atoms with E-state index in [1.807, 2.05) is 0 Å². The number of hydrogen-bond acceptors (Lipinski definition) is 2. The predicted octanol–water partition coefficient (Wildman–Crippen LogP) is 3.02. The molecule has 1 amide bonds. The third kappa shape index (κ3) is 5.75. The zero-order valence-corrected chi connectivity index (χ0v) is 12.3. The zero-order chi connectivity index (χ0) is 16.9. The fourth-order valence-corrected chi connectivity index (χ4v) is 1.85. The van der Waals surface area contributed by atoms with E-state index >= 15 is 0 Å². The maximum absolute atomic E-state index is 12.1. The number of nitrogens with one attached hydrogen (secondary N) is 1. The number of carbonyl (C=O) groups is 2. The van der Waals surface area contributed by atoms with Crippen LogP contribution in [-0.4, -0.2) is 29.2 Å². The lowest BCUT2D eigenvalue weighted by Gasteiger charge is -2.18. The van der Waals surface area contributed by atoms with E-state index in [0.29, 0.717) is 5.56 Å². The van der Waals surface area contributed by atoms with E-state index in [0.717, 1.165) is 0 Å². The van der Waals surface area contributed by atoms with Crippen LogP contribution in [0.2, 0.25) is 0 Å². The zero-order valence-electron chi connectivity index (χ0n) is 12.3. The standard InChI is InChI=1S/C15H18F3NO3/c1-9(2)12(14(21)22)19-13(20)11-5-3-10(4-6-11)7-8-15(16,17)18/h3-6,9,12H,7-8H2,1-2H3,(H,19,20)(H,21,22)/t12-/m1/s1. The molecule has 0 spiro atoms. The van der Waals surface area contributed by atoms with E-state index in [1.54, 1.807) is 13.8 Å². The smallest absolute Gasteiger partial charge is 0.389 e. The highest BCUT2D eigenvalue weighted by atomic mass is 19.4. The molecule has 0 radical (unpaired) electrons. The van der Waals surface area contributed by atoms with Gasteiger partial charge in [0.15, 0.2) is 0 Å². The molecule has 4 nitrogen and oxygen atoms in total. The van der Waals surface area contributed by atoms with Crippen LogP contribution in [-0.2, 0) is 11.2 Å². The summed E-state index contributed by atoms with van der Waals surface area (Å²) in [5.74, 6) is -1.99. The van der Waals surface area contributed by atoms with Crippen molar-refractivity contribution < 1.29 is 27.9 Å². The number of amides is 1. The summed E-state index contributed by atoms with van der Waals surface area (Å²) in [7, 11) is 0. The third-order valence-electron chi connectivity index (χ3n) is 3.13. The molecular formula is C15H18F3NO3. The van der Waals surface area contributed by atoms with Gasteiger partial charge in [-0.05, 0) is 30.0 Å².